The molecular formula is C16H18N4. The standard InChI is InChI=1S/C16H18N4/c1-20-11-19-15-8-14(5-6-16(15)20)18-10-13-4-2-3-12(7-13)9-17/h2-8,11,18H,9-10,17H2,1H3. The zero-order chi connectivity index (χ0) is 13.9. The molecule has 0 spiro atoms. The fourth-order valence-corrected chi connectivity index (χ4v) is 2.32. The zero-order valence-electron chi connectivity index (χ0n) is 11.5. The van der Waals surface area contributed by atoms with Gasteiger partial charge in [0.15, 0.2) is 0 Å². The molecule has 0 saturated carbocycles. The SMILES string of the molecule is Cn1cnc2cc(NCc3cccc(CN)c3)ccc21. The van der Waals surface area contributed by atoms with Gasteiger partial charge in [-0.1, -0.05) is 24.3 Å². The smallest absolute Gasteiger partial charge is 0.0955 e. The molecule has 20 heavy (non-hydrogen) atoms. The molecular weight excluding hydrogens is 248 g/mol. The Morgan fingerprint density at radius 1 is 1.15 bits per heavy atom. The van der Waals surface area contributed by atoms with Crippen LogP contribution in [0.4, 0.5) is 5.69 Å². The van der Waals surface area contributed by atoms with Crippen LogP contribution in [0.25, 0.3) is 11.0 Å². The van der Waals surface area contributed by atoms with Gasteiger partial charge in [0.25, 0.3) is 0 Å². The normalized spacial score (nSPS) is 10.9. The lowest BCUT2D eigenvalue weighted by atomic mass is 10.1. The van der Waals surface area contributed by atoms with Crippen LogP contribution in [-0.2, 0) is 20.1 Å². The van der Waals surface area contributed by atoms with Gasteiger partial charge in [-0.05, 0) is 29.3 Å². The predicted octanol–water partition coefficient (Wildman–Crippen LogP) is 2.64. The van der Waals surface area contributed by atoms with Crippen LogP contribution in [0.1, 0.15) is 11.1 Å². The van der Waals surface area contributed by atoms with Crippen LogP contribution in [0.3, 0.4) is 0 Å². The van der Waals surface area contributed by atoms with Crippen molar-refractivity contribution in [2.24, 2.45) is 12.8 Å². The first-order chi connectivity index (χ1) is 9.76. The average molecular weight is 266 g/mol. The molecule has 3 N–H and O–H groups in total. The van der Waals surface area contributed by atoms with Crippen LogP contribution in [0, 0.1) is 0 Å². The highest BCUT2D eigenvalue weighted by molar-refractivity contribution is 5.79. The summed E-state index contributed by atoms with van der Waals surface area (Å²) in [5.41, 5.74) is 11.3. The molecule has 0 fully saturated rings. The van der Waals surface area contributed by atoms with Crippen molar-refractivity contribution in [2.75, 3.05) is 5.32 Å². The number of nitrogens with one attached hydrogen (secondary N) is 1. The second-order valence-electron chi connectivity index (χ2n) is 4.94. The number of hydrogen-bond donors (Lipinski definition) is 2. The topological polar surface area (TPSA) is 55.9 Å². The van der Waals surface area contributed by atoms with E-state index in [2.05, 4.69) is 40.6 Å². The lowest BCUT2D eigenvalue weighted by Crippen LogP contribution is -2.02. The molecule has 2 aromatic carbocycles. The Labute approximate surface area is 118 Å². The third-order valence-corrected chi connectivity index (χ3v) is 3.45. The third kappa shape index (κ3) is 2.51. The second kappa shape index (κ2) is 5.35. The minimum atomic E-state index is 0.577. The summed E-state index contributed by atoms with van der Waals surface area (Å²) in [4.78, 5) is 4.37. The van der Waals surface area contributed by atoms with Gasteiger partial charge in [-0.25, -0.2) is 4.98 Å². The highest BCUT2D eigenvalue weighted by atomic mass is 15.0. The summed E-state index contributed by atoms with van der Waals surface area (Å²) in [5.74, 6) is 0. The molecule has 1 heterocycles. The number of hydrogen-bond acceptors (Lipinski definition) is 3. The Kier molecular flexibility index (Phi) is 3.39. The monoisotopic (exact) mass is 266 g/mol. The fourth-order valence-electron chi connectivity index (χ4n) is 2.32. The molecule has 0 bridgehead atoms. The molecule has 3 aromatic rings. The molecule has 4 nitrogen and oxygen atoms in total. The minimum Gasteiger partial charge on any atom is -0.381 e. The summed E-state index contributed by atoms with van der Waals surface area (Å²) in [6, 6.07) is 14.6. The van der Waals surface area contributed by atoms with Gasteiger partial charge in [0.1, 0.15) is 0 Å². The van der Waals surface area contributed by atoms with Gasteiger partial charge in [-0.3, -0.25) is 0 Å². The summed E-state index contributed by atoms with van der Waals surface area (Å²) in [6.07, 6.45) is 1.83. The van der Waals surface area contributed by atoms with Crippen molar-refractivity contribution in [3.63, 3.8) is 0 Å². The minimum absolute atomic E-state index is 0.577. The fraction of sp³-hybridized carbons (Fsp3) is 0.188. The predicted molar refractivity (Wildman–Crippen MR) is 82.4 cm³/mol. The van der Waals surface area contributed by atoms with Gasteiger partial charge in [0.2, 0.25) is 0 Å². The highest BCUT2D eigenvalue weighted by Gasteiger charge is 2.01. The summed E-state index contributed by atoms with van der Waals surface area (Å²) in [6.45, 7) is 1.36. The molecule has 0 amide bonds. The maximum atomic E-state index is 5.66. The Morgan fingerprint density at radius 2 is 2.00 bits per heavy atom. The number of aromatic nitrogens is 2. The van der Waals surface area contributed by atoms with Gasteiger partial charge in [0, 0.05) is 25.8 Å². The molecule has 3 rings (SSSR count). The summed E-state index contributed by atoms with van der Waals surface area (Å²) >= 11 is 0. The number of nitrogens with zero attached hydrogens (tertiary/aromatic N) is 2. The van der Waals surface area contributed by atoms with E-state index >= 15 is 0 Å². The van der Waals surface area contributed by atoms with Crippen LogP contribution in [-0.4, -0.2) is 9.55 Å². The molecule has 0 aliphatic heterocycles. The number of aryl methyl sites for hydroxylation is 1. The van der Waals surface area contributed by atoms with Crippen molar-refractivity contribution in [2.45, 2.75) is 13.1 Å². The molecule has 0 aliphatic rings. The van der Waals surface area contributed by atoms with Gasteiger partial charge in [-0.15, -0.1) is 0 Å². The number of imidazole rings is 1. The van der Waals surface area contributed by atoms with Crippen LogP contribution in [0.5, 0.6) is 0 Å². The molecule has 102 valence electrons. The molecule has 0 atom stereocenters. The van der Waals surface area contributed by atoms with E-state index in [4.69, 9.17) is 5.73 Å². The van der Waals surface area contributed by atoms with Crippen LogP contribution < -0.4 is 11.1 Å². The van der Waals surface area contributed by atoms with E-state index in [1.807, 2.05) is 30.1 Å². The van der Waals surface area contributed by atoms with Crippen LogP contribution in [0.15, 0.2) is 48.8 Å². The Morgan fingerprint density at radius 3 is 2.85 bits per heavy atom. The Bertz CT molecular complexity index is 730. The maximum absolute atomic E-state index is 5.66. The maximum Gasteiger partial charge on any atom is 0.0955 e. The summed E-state index contributed by atoms with van der Waals surface area (Å²) < 4.78 is 2.02. The van der Waals surface area contributed by atoms with E-state index in [0.717, 1.165) is 28.8 Å². The third-order valence-electron chi connectivity index (χ3n) is 3.45. The van der Waals surface area contributed by atoms with Crippen LogP contribution >= 0.6 is 0 Å². The van der Waals surface area contributed by atoms with Gasteiger partial charge in [0.05, 0.1) is 17.4 Å². The molecule has 0 aliphatic carbocycles. The highest BCUT2D eigenvalue weighted by Crippen LogP contribution is 2.18. The average Bonchev–Trinajstić information content (AvgIpc) is 2.86. The first-order valence-electron chi connectivity index (χ1n) is 6.69. The number of nitrogens with two attached hydrogens (primary N) is 1. The van der Waals surface area contributed by atoms with E-state index in [9.17, 15) is 0 Å². The van der Waals surface area contributed by atoms with E-state index in [1.165, 1.54) is 5.56 Å². The molecule has 1 aromatic heterocycles. The van der Waals surface area contributed by atoms with E-state index in [-0.39, 0.29) is 0 Å². The van der Waals surface area contributed by atoms with E-state index in [0.29, 0.717) is 6.54 Å². The lowest BCUT2D eigenvalue weighted by molar-refractivity contribution is 0.947. The first kappa shape index (κ1) is 12.7. The molecule has 0 unspecified atom stereocenters. The van der Waals surface area contributed by atoms with E-state index in [1.54, 1.807) is 0 Å². The quantitative estimate of drug-likeness (QED) is 0.763. The van der Waals surface area contributed by atoms with Gasteiger partial charge < -0.3 is 15.6 Å². The lowest BCUT2D eigenvalue weighted by Gasteiger charge is -2.08. The van der Waals surface area contributed by atoms with Crippen molar-refractivity contribution in [3.05, 3.63) is 59.9 Å². The summed E-state index contributed by atoms with van der Waals surface area (Å²) in [7, 11) is 2.00. The van der Waals surface area contributed by atoms with Crippen molar-refractivity contribution in [1.29, 1.82) is 0 Å². The van der Waals surface area contributed by atoms with Crippen molar-refractivity contribution in [3.8, 4) is 0 Å². The zero-order valence-corrected chi connectivity index (χ0v) is 11.5. The number of rotatable bonds is 4. The second-order valence-corrected chi connectivity index (χ2v) is 4.94. The largest absolute Gasteiger partial charge is 0.381 e. The molecule has 4 heteroatoms. The number of anilines is 1. The van der Waals surface area contributed by atoms with Crippen LogP contribution in [0.2, 0.25) is 0 Å². The summed E-state index contributed by atoms with van der Waals surface area (Å²) in [5, 5.41) is 3.42. The van der Waals surface area contributed by atoms with Crippen molar-refractivity contribution >= 4 is 16.7 Å². The first-order valence-corrected chi connectivity index (χ1v) is 6.69. The Balaban J connectivity index is 1.75. The molecule has 0 radical (unpaired) electrons. The number of benzene rings is 2. The van der Waals surface area contributed by atoms with Gasteiger partial charge in [-0.2, -0.15) is 0 Å². The van der Waals surface area contributed by atoms with E-state index < -0.39 is 0 Å². The van der Waals surface area contributed by atoms with Crippen molar-refractivity contribution < 1.29 is 0 Å². The number of fused-ring (bicyclic) bond motifs is 1. The van der Waals surface area contributed by atoms with Crippen molar-refractivity contribution in [1.82, 2.24) is 9.55 Å². The molecule has 0 saturated heterocycles. The Hall–Kier alpha value is -2.33. The van der Waals surface area contributed by atoms with Gasteiger partial charge >= 0.3 is 0 Å².